The predicted molar refractivity (Wildman–Crippen MR) is 113 cm³/mol. The van der Waals surface area contributed by atoms with E-state index in [4.69, 9.17) is 0 Å². The van der Waals surface area contributed by atoms with E-state index in [1.165, 1.54) is 24.3 Å². The second-order valence-electron chi connectivity index (χ2n) is 6.71. The summed E-state index contributed by atoms with van der Waals surface area (Å²) in [4.78, 5) is 16.0. The average Bonchev–Trinajstić information content (AvgIpc) is 3.17. The molecule has 0 fully saturated rings. The minimum Gasteiger partial charge on any atom is -0.361 e. The summed E-state index contributed by atoms with van der Waals surface area (Å²) in [5, 5.41) is 4.04. The van der Waals surface area contributed by atoms with E-state index in [1.54, 1.807) is 30.3 Å². The summed E-state index contributed by atoms with van der Waals surface area (Å²) in [7, 11) is -3.58. The predicted octanol–water partition coefficient (Wildman–Crippen LogP) is 3.97. The Labute approximate surface area is 169 Å². The lowest BCUT2D eigenvalue weighted by molar-refractivity contribution is 0.0954. The maximum atomic E-state index is 12.6. The highest BCUT2D eigenvalue weighted by Crippen LogP contribution is 2.21. The van der Waals surface area contributed by atoms with Crippen LogP contribution in [0.3, 0.4) is 0 Å². The second-order valence-corrected chi connectivity index (χ2v) is 8.66. The number of aromatic nitrogens is 1. The van der Waals surface area contributed by atoms with E-state index < -0.39 is 9.84 Å². The van der Waals surface area contributed by atoms with Crippen molar-refractivity contribution in [3.05, 3.63) is 96.2 Å². The second kappa shape index (κ2) is 7.93. The first-order valence-corrected chi connectivity index (χ1v) is 10.8. The van der Waals surface area contributed by atoms with Crippen molar-refractivity contribution in [2.45, 2.75) is 16.2 Å². The lowest BCUT2D eigenvalue weighted by Crippen LogP contribution is -2.25. The molecule has 6 heteroatoms. The number of benzene rings is 3. The van der Waals surface area contributed by atoms with Crippen molar-refractivity contribution in [2.75, 3.05) is 6.54 Å². The highest BCUT2D eigenvalue weighted by atomic mass is 32.2. The van der Waals surface area contributed by atoms with E-state index in [2.05, 4.69) is 16.4 Å². The molecule has 0 aliphatic carbocycles. The Hall–Kier alpha value is -3.38. The topological polar surface area (TPSA) is 79.0 Å². The lowest BCUT2D eigenvalue weighted by Gasteiger charge is -2.07. The SMILES string of the molecule is O=C(NCCc1c[nH]c2ccccc12)c1ccc(S(=O)(=O)c2ccccc2)cc1. The van der Waals surface area contributed by atoms with Crippen LogP contribution < -0.4 is 5.32 Å². The third-order valence-electron chi connectivity index (χ3n) is 4.84. The standard InChI is InChI=1S/C23H20N2O3S/c26-23(24-15-14-18-16-25-22-9-5-4-8-21(18)22)17-10-12-20(13-11-17)29(27,28)19-6-2-1-3-7-19/h1-13,16,25H,14-15H2,(H,24,26). The van der Waals surface area contributed by atoms with Crippen LogP contribution in [0.4, 0.5) is 0 Å². The monoisotopic (exact) mass is 404 g/mol. The number of fused-ring (bicyclic) bond motifs is 1. The molecule has 0 atom stereocenters. The van der Waals surface area contributed by atoms with Crippen LogP contribution in [0.1, 0.15) is 15.9 Å². The van der Waals surface area contributed by atoms with E-state index in [0.717, 1.165) is 16.5 Å². The number of aromatic amines is 1. The number of amides is 1. The highest BCUT2D eigenvalue weighted by molar-refractivity contribution is 7.91. The van der Waals surface area contributed by atoms with Gasteiger partial charge in [0.2, 0.25) is 9.84 Å². The summed E-state index contributed by atoms with van der Waals surface area (Å²) in [5.74, 6) is -0.228. The quantitative estimate of drug-likeness (QED) is 0.510. The number of H-pyrrole nitrogens is 1. The van der Waals surface area contributed by atoms with Gasteiger partial charge in [0.05, 0.1) is 9.79 Å². The first kappa shape index (κ1) is 19.0. The third kappa shape index (κ3) is 3.93. The van der Waals surface area contributed by atoms with Gasteiger partial charge in [0.15, 0.2) is 0 Å². The van der Waals surface area contributed by atoms with Crippen molar-refractivity contribution < 1.29 is 13.2 Å². The molecular formula is C23H20N2O3S. The van der Waals surface area contributed by atoms with Crippen molar-refractivity contribution in [1.29, 1.82) is 0 Å². The molecule has 0 bridgehead atoms. The number of carbonyl (C=O) groups is 1. The summed E-state index contributed by atoms with van der Waals surface area (Å²) in [6.07, 6.45) is 2.66. The first-order chi connectivity index (χ1) is 14.1. The van der Waals surface area contributed by atoms with Gasteiger partial charge in [-0.1, -0.05) is 36.4 Å². The number of sulfone groups is 1. The molecule has 5 nitrogen and oxygen atoms in total. The fourth-order valence-electron chi connectivity index (χ4n) is 3.27. The van der Waals surface area contributed by atoms with Crippen molar-refractivity contribution in [3.63, 3.8) is 0 Å². The number of hydrogen-bond acceptors (Lipinski definition) is 3. The molecule has 0 radical (unpaired) electrons. The van der Waals surface area contributed by atoms with Crippen molar-refractivity contribution >= 4 is 26.6 Å². The van der Waals surface area contributed by atoms with Crippen LogP contribution in [0.5, 0.6) is 0 Å². The van der Waals surface area contributed by atoms with Crippen LogP contribution in [-0.4, -0.2) is 25.9 Å². The maximum absolute atomic E-state index is 12.6. The van der Waals surface area contributed by atoms with Crippen LogP contribution in [0.25, 0.3) is 10.9 Å². The Balaban J connectivity index is 1.41. The van der Waals surface area contributed by atoms with Gasteiger partial charge in [0.25, 0.3) is 5.91 Å². The van der Waals surface area contributed by atoms with E-state index in [-0.39, 0.29) is 15.7 Å². The van der Waals surface area contributed by atoms with Gasteiger partial charge in [0.1, 0.15) is 0 Å². The van der Waals surface area contributed by atoms with E-state index in [1.807, 2.05) is 24.4 Å². The third-order valence-corrected chi connectivity index (χ3v) is 6.62. The van der Waals surface area contributed by atoms with E-state index in [0.29, 0.717) is 18.5 Å². The molecule has 4 aromatic rings. The molecule has 29 heavy (non-hydrogen) atoms. The van der Waals surface area contributed by atoms with Crippen molar-refractivity contribution in [2.24, 2.45) is 0 Å². The summed E-state index contributed by atoms with van der Waals surface area (Å²) in [5.41, 5.74) is 2.64. The number of para-hydroxylation sites is 1. The van der Waals surface area contributed by atoms with E-state index >= 15 is 0 Å². The van der Waals surface area contributed by atoms with Gasteiger partial charge < -0.3 is 10.3 Å². The fraction of sp³-hybridized carbons (Fsp3) is 0.0870. The van der Waals surface area contributed by atoms with Crippen LogP contribution in [0.2, 0.25) is 0 Å². The van der Waals surface area contributed by atoms with Gasteiger partial charge in [-0.15, -0.1) is 0 Å². The molecule has 0 aliphatic rings. The van der Waals surface area contributed by atoms with Gasteiger partial charge in [-0.3, -0.25) is 4.79 Å². The summed E-state index contributed by atoms with van der Waals surface area (Å²) in [6.45, 7) is 0.491. The maximum Gasteiger partial charge on any atom is 0.251 e. The molecule has 0 aliphatic heterocycles. The summed E-state index contributed by atoms with van der Waals surface area (Å²) in [6, 6.07) is 22.3. The van der Waals surface area contributed by atoms with Gasteiger partial charge in [0, 0.05) is 29.2 Å². The summed E-state index contributed by atoms with van der Waals surface area (Å²) >= 11 is 0. The van der Waals surface area contributed by atoms with Crippen molar-refractivity contribution in [3.8, 4) is 0 Å². The highest BCUT2D eigenvalue weighted by Gasteiger charge is 2.17. The zero-order valence-electron chi connectivity index (χ0n) is 15.6. The Morgan fingerprint density at radius 3 is 2.24 bits per heavy atom. The normalized spacial score (nSPS) is 11.4. The number of nitrogens with one attached hydrogen (secondary N) is 2. The molecule has 3 aromatic carbocycles. The number of carbonyl (C=O) groups excluding carboxylic acids is 1. The van der Waals surface area contributed by atoms with Gasteiger partial charge in [-0.25, -0.2) is 8.42 Å². The molecule has 0 saturated carbocycles. The fourth-order valence-corrected chi connectivity index (χ4v) is 4.55. The minimum atomic E-state index is -3.58. The van der Waals surface area contributed by atoms with Crippen LogP contribution in [0.15, 0.2) is 94.9 Å². The Bertz CT molecular complexity index is 1240. The molecule has 2 N–H and O–H groups in total. The molecule has 146 valence electrons. The lowest BCUT2D eigenvalue weighted by atomic mass is 10.1. The van der Waals surface area contributed by atoms with Crippen LogP contribution in [0, 0.1) is 0 Å². The molecular weight excluding hydrogens is 384 g/mol. The minimum absolute atomic E-state index is 0.166. The Morgan fingerprint density at radius 1 is 0.828 bits per heavy atom. The largest absolute Gasteiger partial charge is 0.361 e. The first-order valence-electron chi connectivity index (χ1n) is 9.29. The van der Waals surface area contributed by atoms with Crippen LogP contribution >= 0.6 is 0 Å². The Morgan fingerprint density at radius 2 is 1.48 bits per heavy atom. The molecule has 0 saturated heterocycles. The Kier molecular flexibility index (Phi) is 5.18. The molecule has 1 amide bonds. The zero-order chi connectivity index (χ0) is 20.3. The molecule has 0 spiro atoms. The van der Waals surface area contributed by atoms with Gasteiger partial charge in [-0.05, 0) is 54.4 Å². The number of hydrogen-bond donors (Lipinski definition) is 2. The molecule has 4 rings (SSSR count). The van der Waals surface area contributed by atoms with Crippen LogP contribution in [-0.2, 0) is 16.3 Å². The van der Waals surface area contributed by atoms with E-state index in [9.17, 15) is 13.2 Å². The molecule has 1 aromatic heterocycles. The van der Waals surface area contributed by atoms with Gasteiger partial charge >= 0.3 is 0 Å². The van der Waals surface area contributed by atoms with Crippen molar-refractivity contribution in [1.82, 2.24) is 10.3 Å². The smallest absolute Gasteiger partial charge is 0.251 e. The molecule has 1 heterocycles. The molecule has 0 unspecified atom stereocenters. The van der Waals surface area contributed by atoms with Gasteiger partial charge in [-0.2, -0.15) is 0 Å². The number of rotatable bonds is 6. The average molecular weight is 404 g/mol. The summed E-state index contributed by atoms with van der Waals surface area (Å²) < 4.78 is 25.2. The zero-order valence-corrected chi connectivity index (χ0v) is 16.4.